The van der Waals surface area contributed by atoms with Gasteiger partial charge in [0.15, 0.2) is 6.61 Å². The van der Waals surface area contributed by atoms with Crippen LogP contribution < -0.4 is 10.1 Å². The van der Waals surface area contributed by atoms with Crippen molar-refractivity contribution >= 4 is 59.1 Å². The van der Waals surface area contributed by atoms with Crippen molar-refractivity contribution in [3.05, 3.63) is 62.6 Å². The molecule has 0 radical (unpaired) electrons. The summed E-state index contributed by atoms with van der Waals surface area (Å²) in [4.78, 5) is 27.9. The number of benzene rings is 2. The molecule has 0 bridgehead atoms. The van der Waals surface area contributed by atoms with E-state index >= 15 is 0 Å². The van der Waals surface area contributed by atoms with Crippen LogP contribution in [0.5, 0.6) is 5.75 Å². The molecule has 7 nitrogen and oxygen atoms in total. The van der Waals surface area contributed by atoms with Crippen molar-refractivity contribution in [2.24, 2.45) is 0 Å². The summed E-state index contributed by atoms with van der Waals surface area (Å²) in [5.41, 5.74) is 1.38. The van der Waals surface area contributed by atoms with Crippen LogP contribution >= 0.6 is 47.2 Å². The van der Waals surface area contributed by atoms with Crippen molar-refractivity contribution in [2.75, 3.05) is 45.9 Å². The molecule has 0 saturated carbocycles. The number of nitrogens with zero attached hydrogens (tertiary/aromatic N) is 2. The van der Waals surface area contributed by atoms with Gasteiger partial charge in [0.25, 0.3) is 5.91 Å². The molecule has 3 rings (SSSR count). The third-order valence-corrected chi connectivity index (χ3v) is 6.08. The molecule has 2 N–H and O–H groups in total. The first-order chi connectivity index (χ1) is 15.3. The van der Waals surface area contributed by atoms with Crippen molar-refractivity contribution in [1.29, 1.82) is 0 Å². The topological polar surface area (TPSA) is 82.1 Å². The van der Waals surface area contributed by atoms with E-state index in [1.54, 1.807) is 6.07 Å². The molecule has 2 aromatic rings. The molecule has 33 heavy (non-hydrogen) atoms. The summed E-state index contributed by atoms with van der Waals surface area (Å²) >= 11 is 18.0. The predicted molar refractivity (Wildman–Crippen MR) is 132 cm³/mol. The molecule has 1 amide bonds. The molecular formula is C22H25Cl4N3O4. The Balaban J connectivity index is 0.00000385. The van der Waals surface area contributed by atoms with Gasteiger partial charge in [-0.1, -0.05) is 40.9 Å². The number of hydrogen-bond donors (Lipinski definition) is 2. The van der Waals surface area contributed by atoms with Crippen molar-refractivity contribution in [2.45, 2.75) is 6.54 Å². The molecule has 2 aromatic carbocycles. The van der Waals surface area contributed by atoms with Crippen LogP contribution in [0.2, 0.25) is 15.1 Å². The van der Waals surface area contributed by atoms with E-state index in [2.05, 4.69) is 15.1 Å². The summed E-state index contributed by atoms with van der Waals surface area (Å²) in [7, 11) is 0. The lowest BCUT2D eigenvalue weighted by Crippen LogP contribution is -2.48. The molecule has 180 valence electrons. The number of ether oxygens (including phenoxy) is 1. The second kappa shape index (κ2) is 13.2. The summed E-state index contributed by atoms with van der Waals surface area (Å²) in [5.74, 6) is -1.32. The molecule has 1 aliphatic rings. The van der Waals surface area contributed by atoms with Gasteiger partial charge in [-0.2, -0.15) is 0 Å². The predicted octanol–water partition coefficient (Wildman–Crippen LogP) is 4.08. The van der Waals surface area contributed by atoms with E-state index < -0.39 is 12.6 Å². The zero-order chi connectivity index (χ0) is 23.1. The third kappa shape index (κ3) is 8.52. The fourth-order valence-corrected chi connectivity index (χ4v) is 3.92. The highest BCUT2D eigenvalue weighted by atomic mass is 35.5. The number of carboxylic acids is 1. The van der Waals surface area contributed by atoms with Gasteiger partial charge in [0, 0.05) is 50.8 Å². The summed E-state index contributed by atoms with van der Waals surface area (Å²) in [5, 5.41) is 13.2. The third-order valence-electron chi connectivity index (χ3n) is 5.11. The van der Waals surface area contributed by atoms with Crippen LogP contribution in [-0.4, -0.2) is 72.7 Å². The Morgan fingerprint density at radius 3 is 2.33 bits per heavy atom. The number of carbonyl (C=O) groups is 2. The normalized spacial score (nSPS) is 14.4. The highest BCUT2D eigenvalue weighted by Gasteiger charge is 2.18. The Morgan fingerprint density at radius 1 is 0.970 bits per heavy atom. The smallest absolute Gasteiger partial charge is 0.341 e. The Morgan fingerprint density at radius 2 is 1.67 bits per heavy atom. The van der Waals surface area contributed by atoms with Crippen LogP contribution in [0, 0.1) is 0 Å². The van der Waals surface area contributed by atoms with Gasteiger partial charge in [0.1, 0.15) is 5.75 Å². The van der Waals surface area contributed by atoms with Crippen LogP contribution in [-0.2, 0) is 11.3 Å². The van der Waals surface area contributed by atoms with Gasteiger partial charge in [0.05, 0.1) is 15.6 Å². The Labute approximate surface area is 213 Å². The van der Waals surface area contributed by atoms with E-state index in [-0.39, 0.29) is 29.6 Å². The number of rotatable bonds is 9. The van der Waals surface area contributed by atoms with Gasteiger partial charge in [-0.25, -0.2) is 4.79 Å². The van der Waals surface area contributed by atoms with Gasteiger partial charge in [-0.15, -0.1) is 12.4 Å². The van der Waals surface area contributed by atoms with Crippen LogP contribution in [0.3, 0.4) is 0 Å². The first-order valence-corrected chi connectivity index (χ1v) is 11.3. The Kier molecular flexibility index (Phi) is 11.0. The van der Waals surface area contributed by atoms with E-state index in [4.69, 9.17) is 44.6 Å². The van der Waals surface area contributed by atoms with Gasteiger partial charge >= 0.3 is 5.97 Å². The van der Waals surface area contributed by atoms with E-state index in [0.29, 0.717) is 28.2 Å². The molecule has 0 aliphatic carbocycles. The van der Waals surface area contributed by atoms with Crippen molar-refractivity contribution in [3.8, 4) is 5.75 Å². The number of amides is 1. The highest BCUT2D eigenvalue weighted by Crippen LogP contribution is 2.24. The lowest BCUT2D eigenvalue weighted by molar-refractivity contribution is -0.139. The molecule has 0 aromatic heterocycles. The second-order valence-electron chi connectivity index (χ2n) is 7.45. The van der Waals surface area contributed by atoms with Crippen molar-refractivity contribution in [1.82, 2.24) is 15.1 Å². The first kappa shape index (κ1) is 27.5. The van der Waals surface area contributed by atoms with E-state index in [1.165, 1.54) is 12.1 Å². The molecule has 1 heterocycles. The number of nitrogens with one attached hydrogen (secondary N) is 1. The van der Waals surface area contributed by atoms with E-state index in [1.807, 2.05) is 18.2 Å². The number of carboxylic acid groups (broad SMARTS) is 1. The van der Waals surface area contributed by atoms with Crippen molar-refractivity contribution < 1.29 is 19.4 Å². The lowest BCUT2D eigenvalue weighted by Gasteiger charge is -2.34. The maximum atomic E-state index is 12.5. The number of piperazine rings is 1. The summed E-state index contributed by atoms with van der Waals surface area (Å²) in [6.07, 6.45) is 0. The van der Waals surface area contributed by atoms with Gasteiger partial charge in [-0.3, -0.25) is 14.6 Å². The molecule has 1 saturated heterocycles. The van der Waals surface area contributed by atoms with Crippen LogP contribution in [0.15, 0.2) is 36.4 Å². The molecule has 0 spiro atoms. The van der Waals surface area contributed by atoms with Gasteiger partial charge in [-0.05, 0) is 35.9 Å². The fourth-order valence-electron chi connectivity index (χ4n) is 3.43. The second-order valence-corrected chi connectivity index (χ2v) is 8.70. The monoisotopic (exact) mass is 535 g/mol. The average molecular weight is 537 g/mol. The molecule has 0 unspecified atom stereocenters. The van der Waals surface area contributed by atoms with Crippen LogP contribution in [0.1, 0.15) is 15.9 Å². The lowest BCUT2D eigenvalue weighted by atomic mass is 10.2. The minimum absolute atomic E-state index is 0. The molecular weight excluding hydrogens is 512 g/mol. The quantitative estimate of drug-likeness (QED) is 0.502. The number of halogens is 4. The molecule has 11 heteroatoms. The average Bonchev–Trinajstić information content (AvgIpc) is 2.76. The maximum absolute atomic E-state index is 12.5. The summed E-state index contributed by atoms with van der Waals surface area (Å²) < 4.78 is 5.19. The molecule has 0 atom stereocenters. The van der Waals surface area contributed by atoms with Gasteiger partial charge in [0.2, 0.25) is 0 Å². The SMILES string of the molecule is Cl.O=C(O)COc1cc(Cl)ccc1C(=O)NCCN1CCN(Cc2ccc(Cl)c(Cl)c2)CC1. The van der Waals surface area contributed by atoms with Gasteiger partial charge < -0.3 is 15.2 Å². The van der Waals surface area contributed by atoms with E-state index in [9.17, 15) is 9.59 Å². The van der Waals surface area contributed by atoms with Crippen molar-refractivity contribution in [3.63, 3.8) is 0 Å². The zero-order valence-electron chi connectivity index (χ0n) is 17.7. The molecule has 1 fully saturated rings. The minimum Gasteiger partial charge on any atom is -0.481 e. The summed E-state index contributed by atoms with van der Waals surface area (Å²) in [6, 6.07) is 10.2. The number of carbonyl (C=O) groups excluding carboxylic acids is 1. The Hall–Kier alpha value is -1.74. The number of aliphatic carboxylic acids is 1. The zero-order valence-corrected chi connectivity index (χ0v) is 20.8. The first-order valence-electron chi connectivity index (χ1n) is 10.1. The molecule has 1 aliphatic heterocycles. The summed E-state index contributed by atoms with van der Waals surface area (Å²) in [6.45, 7) is 5.06. The van der Waals surface area contributed by atoms with E-state index in [0.717, 1.165) is 38.3 Å². The fraction of sp³-hybridized carbons (Fsp3) is 0.364. The maximum Gasteiger partial charge on any atom is 0.341 e. The minimum atomic E-state index is -1.13. The largest absolute Gasteiger partial charge is 0.481 e. The number of hydrogen-bond acceptors (Lipinski definition) is 5. The standard InChI is InChI=1S/C22H24Cl3N3O4.ClH/c23-16-2-3-17(20(12-16)32-14-21(29)30)22(31)26-5-6-27-7-9-28(10-8-27)13-15-1-4-18(24)19(25)11-15;/h1-4,11-12H,5-10,13-14H2,(H,26,31)(H,29,30);1H. The van der Waals surface area contributed by atoms with Crippen LogP contribution in [0.25, 0.3) is 0 Å². The van der Waals surface area contributed by atoms with Crippen LogP contribution in [0.4, 0.5) is 0 Å². The highest BCUT2D eigenvalue weighted by molar-refractivity contribution is 6.42. The Bertz CT molecular complexity index is 969.